The molecule has 0 unspecified atom stereocenters. The molecule has 32 heavy (non-hydrogen) atoms. The van der Waals surface area contributed by atoms with E-state index in [-0.39, 0.29) is 12.2 Å². The fraction of sp³-hybridized carbons (Fsp3) is 0.320. The second kappa shape index (κ2) is 8.48. The summed E-state index contributed by atoms with van der Waals surface area (Å²) >= 11 is 1.62. The summed E-state index contributed by atoms with van der Waals surface area (Å²) in [5, 5.41) is 11.9. The van der Waals surface area contributed by atoms with Crippen molar-refractivity contribution in [1.29, 1.82) is 0 Å². The fourth-order valence-electron chi connectivity index (χ4n) is 4.60. The number of carbonyl (C=O) groups is 1. The number of aliphatic hydroxyl groups is 1. The van der Waals surface area contributed by atoms with Crippen LogP contribution in [0, 0.1) is 5.92 Å². The van der Waals surface area contributed by atoms with Crippen molar-refractivity contribution in [2.45, 2.75) is 31.6 Å². The molecule has 0 atom stereocenters. The molecule has 1 aliphatic rings. The van der Waals surface area contributed by atoms with E-state index in [0.29, 0.717) is 28.5 Å². The van der Waals surface area contributed by atoms with E-state index >= 15 is 0 Å². The molecule has 4 aromatic rings. The summed E-state index contributed by atoms with van der Waals surface area (Å²) in [5.41, 5.74) is 1.38. The van der Waals surface area contributed by atoms with E-state index in [9.17, 15) is 14.7 Å². The summed E-state index contributed by atoms with van der Waals surface area (Å²) < 4.78 is 7.47. The average Bonchev–Trinajstić information content (AvgIpc) is 3.26. The number of carbonyl (C=O) groups excluding carboxylic acids is 1. The first kappa shape index (κ1) is 20.8. The Kier molecular flexibility index (Phi) is 5.53. The van der Waals surface area contributed by atoms with Gasteiger partial charge in [0.1, 0.15) is 0 Å². The van der Waals surface area contributed by atoms with Crippen molar-refractivity contribution in [3.63, 3.8) is 0 Å². The molecule has 7 heteroatoms. The van der Waals surface area contributed by atoms with Crippen LogP contribution in [0.5, 0.6) is 0 Å². The molecule has 5 rings (SSSR count). The Morgan fingerprint density at radius 2 is 1.97 bits per heavy atom. The topological polar surface area (TPSA) is 81.4 Å². The molecule has 0 spiro atoms. The van der Waals surface area contributed by atoms with Crippen LogP contribution in [0.1, 0.15) is 47.0 Å². The number of ether oxygens (including phenoxy) is 1. The first-order chi connectivity index (χ1) is 15.6. The van der Waals surface area contributed by atoms with Crippen molar-refractivity contribution in [2.75, 3.05) is 13.7 Å². The van der Waals surface area contributed by atoms with Gasteiger partial charge in [-0.15, -0.1) is 11.3 Å². The third-order valence-corrected chi connectivity index (χ3v) is 7.64. The Morgan fingerprint density at radius 1 is 1.19 bits per heavy atom. The monoisotopic (exact) mass is 448 g/mol. The maximum atomic E-state index is 13.2. The van der Waals surface area contributed by atoms with E-state index in [0.717, 1.165) is 46.3 Å². The summed E-state index contributed by atoms with van der Waals surface area (Å²) in [6, 6.07) is 12.9. The summed E-state index contributed by atoms with van der Waals surface area (Å²) in [4.78, 5) is 30.7. The molecule has 2 aromatic heterocycles. The quantitative estimate of drug-likeness (QED) is 0.460. The van der Waals surface area contributed by atoms with Crippen molar-refractivity contribution in [1.82, 2.24) is 9.55 Å². The van der Waals surface area contributed by atoms with Crippen molar-refractivity contribution in [3.8, 4) is 5.69 Å². The number of fused-ring (bicyclic) bond motifs is 2. The molecule has 164 valence electrons. The molecular formula is C25H24N2O4S. The van der Waals surface area contributed by atoms with Crippen LogP contribution in [0.15, 0.2) is 53.5 Å². The molecule has 0 radical (unpaired) electrons. The lowest BCUT2D eigenvalue weighted by Crippen LogP contribution is -2.20. The maximum absolute atomic E-state index is 13.2. The number of hydrogen-bond acceptors (Lipinski definition) is 6. The van der Waals surface area contributed by atoms with Crippen LogP contribution in [0.25, 0.3) is 26.7 Å². The number of aromatic nitrogens is 2. The van der Waals surface area contributed by atoms with Crippen LogP contribution in [0.4, 0.5) is 0 Å². The molecule has 1 fully saturated rings. The Bertz CT molecular complexity index is 1370. The van der Waals surface area contributed by atoms with Gasteiger partial charge in [0.2, 0.25) is 0 Å². The molecule has 0 saturated heterocycles. The van der Waals surface area contributed by atoms with Gasteiger partial charge >= 0.3 is 5.97 Å². The largest absolute Gasteiger partial charge is 0.465 e. The van der Waals surface area contributed by atoms with E-state index < -0.39 is 5.97 Å². The molecule has 2 aromatic carbocycles. The third kappa shape index (κ3) is 3.61. The average molecular weight is 449 g/mol. The molecule has 6 nitrogen and oxygen atoms in total. The number of benzene rings is 2. The molecule has 0 amide bonds. The van der Waals surface area contributed by atoms with Crippen LogP contribution in [-0.4, -0.2) is 34.3 Å². The molecule has 1 aliphatic carbocycles. The standard InChI is InChI=1S/C25H24N2O4S/c1-31-25(30)19-12-20-22(32-23(26-20)17-8-6-15(14-28)7-9-17)13-21(19)27-11-10-16-4-2-3-5-18(16)24(27)29/h2-5,10-13,15,17,28H,6-9,14H2,1H3/t15-,17-. The summed E-state index contributed by atoms with van der Waals surface area (Å²) in [7, 11) is 1.34. The SMILES string of the molecule is COC(=O)c1cc2nc([C@H]3CC[C@H](CO)CC3)sc2cc1-n1ccc2ccccc2c1=O. The minimum atomic E-state index is -0.500. The van der Waals surface area contributed by atoms with Gasteiger partial charge in [-0.25, -0.2) is 9.78 Å². The predicted octanol–water partition coefficient (Wildman–Crippen LogP) is 4.65. The lowest BCUT2D eigenvalue weighted by molar-refractivity contribution is 0.0601. The van der Waals surface area contributed by atoms with Crippen LogP contribution in [-0.2, 0) is 4.74 Å². The minimum absolute atomic E-state index is 0.181. The van der Waals surface area contributed by atoms with Gasteiger partial charge in [-0.1, -0.05) is 18.2 Å². The highest BCUT2D eigenvalue weighted by Crippen LogP contribution is 2.39. The number of thiazole rings is 1. The molecule has 0 bridgehead atoms. The van der Waals surface area contributed by atoms with E-state index in [1.807, 2.05) is 30.3 Å². The van der Waals surface area contributed by atoms with Gasteiger partial charge in [0, 0.05) is 24.1 Å². The van der Waals surface area contributed by atoms with Gasteiger partial charge in [0.25, 0.3) is 5.56 Å². The zero-order valence-electron chi connectivity index (χ0n) is 17.8. The Morgan fingerprint density at radius 3 is 2.72 bits per heavy atom. The van der Waals surface area contributed by atoms with E-state index in [1.165, 1.54) is 11.7 Å². The molecule has 1 N–H and O–H groups in total. The van der Waals surface area contributed by atoms with Crippen LogP contribution in [0.3, 0.4) is 0 Å². The lowest BCUT2D eigenvalue weighted by Gasteiger charge is -2.25. The van der Waals surface area contributed by atoms with Crippen molar-refractivity contribution in [3.05, 3.63) is 69.6 Å². The zero-order valence-corrected chi connectivity index (χ0v) is 18.6. The van der Waals surface area contributed by atoms with E-state index in [4.69, 9.17) is 9.72 Å². The first-order valence-corrected chi connectivity index (χ1v) is 11.6. The third-order valence-electron chi connectivity index (χ3n) is 6.45. The second-order valence-corrected chi connectivity index (χ2v) is 9.42. The Labute approximate surface area is 189 Å². The molecule has 0 aliphatic heterocycles. The number of methoxy groups -OCH3 is 1. The predicted molar refractivity (Wildman–Crippen MR) is 126 cm³/mol. The highest BCUT2D eigenvalue weighted by molar-refractivity contribution is 7.18. The van der Waals surface area contributed by atoms with Crippen molar-refractivity contribution < 1.29 is 14.6 Å². The Hall–Kier alpha value is -3.03. The van der Waals surface area contributed by atoms with E-state index in [1.54, 1.807) is 29.7 Å². The second-order valence-electron chi connectivity index (χ2n) is 8.36. The van der Waals surface area contributed by atoms with Gasteiger partial charge in [-0.2, -0.15) is 0 Å². The van der Waals surface area contributed by atoms with Crippen LogP contribution < -0.4 is 5.56 Å². The van der Waals surface area contributed by atoms with E-state index in [2.05, 4.69) is 0 Å². The molecule has 2 heterocycles. The van der Waals surface area contributed by atoms with Gasteiger partial charge < -0.3 is 9.84 Å². The summed E-state index contributed by atoms with van der Waals surface area (Å²) in [6.07, 6.45) is 5.72. The van der Waals surface area contributed by atoms with Crippen LogP contribution in [0.2, 0.25) is 0 Å². The Balaban J connectivity index is 1.63. The molecular weight excluding hydrogens is 424 g/mol. The number of nitrogens with zero attached hydrogens (tertiary/aromatic N) is 2. The highest BCUT2D eigenvalue weighted by atomic mass is 32.1. The van der Waals surface area contributed by atoms with Crippen LogP contribution >= 0.6 is 11.3 Å². The lowest BCUT2D eigenvalue weighted by atomic mass is 9.83. The fourth-order valence-corrected chi connectivity index (χ4v) is 5.75. The number of esters is 1. The van der Waals surface area contributed by atoms with Crippen molar-refractivity contribution >= 4 is 38.3 Å². The number of pyridine rings is 1. The maximum Gasteiger partial charge on any atom is 0.340 e. The number of aliphatic hydroxyl groups excluding tert-OH is 1. The van der Waals surface area contributed by atoms with Gasteiger partial charge in [0.15, 0.2) is 0 Å². The summed E-state index contributed by atoms with van der Waals surface area (Å²) in [5.74, 6) is 0.251. The van der Waals surface area contributed by atoms with Gasteiger partial charge in [-0.3, -0.25) is 9.36 Å². The van der Waals surface area contributed by atoms with Crippen molar-refractivity contribution in [2.24, 2.45) is 5.92 Å². The first-order valence-electron chi connectivity index (χ1n) is 10.8. The zero-order chi connectivity index (χ0) is 22.2. The molecule has 1 saturated carbocycles. The number of rotatable bonds is 4. The summed E-state index contributed by atoms with van der Waals surface area (Å²) in [6.45, 7) is 0.249. The number of hydrogen-bond donors (Lipinski definition) is 1. The van der Waals surface area contributed by atoms with Gasteiger partial charge in [0.05, 0.1) is 33.6 Å². The normalized spacial score (nSPS) is 18.8. The minimum Gasteiger partial charge on any atom is -0.465 e. The van der Waals surface area contributed by atoms with Gasteiger partial charge in [-0.05, 0) is 61.3 Å². The smallest absolute Gasteiger partial charge is 0.340 e. The highest BCUT2D eigenvalue weighted by Gasteiger charge is 2.25.